The second-order valence-corrected chi connectivity index (χ2v) is 5.58. The summed E-state index contributed by atoms with van der Waals surface area (Å²) in [5, 5.41) is 0. The highest BCUT2D eigenvalue weighted by Gasteiger charge is 2.23. The first-order chi connectivity index (χ1) is 9.36. The van der Waals surface area contributed by atoms with Crippen LogP contribution in [-0.2, 0) is 4.74 Å². The molecule has 0 amide bonds. The maximum atomic E-state index is 5.54. The molecule has 1 aliphatic heterocycles. The quantitative estimate of drug-likeness (QED) is 0.646. The number of nitrogens with zero attached hydrogens (tertiary/aromatic N) is 2. The van der Waals surface area contributed by atoms with Gasteiger partial charge in [0.1, 0.15) is 11.6 Å². The molecule has 0 bridgehead atoms. The van der Waals surface area contributed by atoms with Crippen molar-refractivity contribution in [2.24, 2.45) is 5.84 Å². The molecule has 1 aromatic rings. The van der Waals surface area contributed by atoms with Gasteiger partial charge in [-0.3, -0.25) is 0 Å². The first-order valence-electron chi connectivity index (χ1n) is 7.30. The Kier molecular flexibility index (Phi) is 3.94. The van der Waals surface area contributed by atoms with Crippen LogP contribution >= 0.6 is 0 Å². The zero-order valence-electron chi connectivity index (χ0n) is 11.3. The van der Waals surface area contributed by atoms with Crippen molar-refractivity contribution >= 4 is 5.82 Å². The average molecular weight is 262 g/mol. The van der Waals surface area contributed by atoms with Crippen molar-refractivity contribution in [3.8, 4) is 0 Å². The monoisotopic (exact) mass is 262 g/mol. The van der Waals surface area contributed by atoms with Crippen LogP contribution in [-0.4, -0.2) is 23.2 Å². The maximum absolute atomic E-state index is 5.54. The summed E-state index contributed by atoms with van der Waals surface area (Å²) in [7, 11) is 0. The van der Waals surface area contributed by atoms with Gasteiger partial charge in [0.05, 0.1) is 6.61 Å². The number of nitrogens with one attached hydrogen (secondary N) is 1. The lowest BCUT2D eigenvalue weighted by atomic mass is 9.99. The van der Waals surface area contributed by atoms with E-state index >= 15 is 0 Å². The van der Waals surface area contributed by atoms with Gasteiger partial charge in [-0.25, -0.2) is 15.8 Å². The van der Waals surface area contributed by atoms with Crippen molar-refractivity contribution in [1.82, 2.24) is 9.97 Å². The van der Waals surface area contributed by atoms with Gasteiger partial charge in [-0.05, 0) is 25.7 Å². The SMILES string of the molecule is NNc1cc(C2CCCC2)nc(C2CCCOC2)n1. The number of ether oxygens (including phenoxy) is 1. The van der Waals surface area contributed by atoms with Gasteiger partial charge in [0.2, 0.25) is 0 Å². The summed E-state index contributed by atoms with van der Waals surface area (Å²) in [4.78, 5) is 9.32. The lowest BCUT2D eigenvalue weighted by Crippen LogP contribution is -2.20. The number of rotatable bonds is 3. The molecule has 104 valence electrons. The third-order valence-electron chi connectivity index (χ3n) is 4.21. The summed E-state index contributed by atoms with van der Waals surface area (Å²) in [6, 6.07) is 2.00. The van der Waals surface area contributed by atoms with E-state index in [0.717, 1.165) is 43.4 Å². The predicted octanol–water partition coefficient (Wildman–Crippen LogP) is 2.31. The van der Waals surface area contributed by atoms with Crippen molar-refractivity contribution in [2.75, 3.05) is 18.6 Å². The van der Waals surface area contributed by atoms with E-state index in [1.165, 1.54) is 25.7 Å². The van der Waals surface area contributed by atoms with E-state index in [4.69, 9.17) is 15.6 Å². The molecule has 1 atom stereocenters. The second kappa shape index (κ2) is 5.84. The highest BCUT2D eigenvalue weighted by Crippen LogP contribution is 2.34. The first-order valence-corrected chi connectivity index (χ1v) is 7.30. The fourth-order valence-electron chi connectivity index (χ4n) is 3.12. The Labute approximate surface area is 113 Å². The minimum atomic E-state index is 0.321. The summed E-state index contributed by atoms with van der Waals surface area (Å²) < 4.78 is 5.54. The molecule has 1 saturated carbocycles. The maximum Gasteiger partial charge on any atom is 0.143 e. The number of nitrogen functional groups attached to an aromatic ring is 1. The Hall–Kier alpha value is -1.20. The smallest absolute Gasteiger partial charge is 0.143 e. The van der Waals surface area contributed by atoms with Gasteiger partial charge in [-0.15, -0.1) is 0 Å². The van der Waals surface area contributed by atoms with Crippen molar-refractivity contribution in [2.45, 2.75) is 50.4 Å². The number of anilines is 1. The van der Waals surface area contributed by atoms with Crippen LogP contribution in [0.5, 0.6) is 0 Å². The summed E-state index contributed by atoms with van der Waals surface area (Å²) >= 11 is 0. The predicted molar refractivity (Wildman–Crippen MR) is 73.8 cm³/mol. The van der Waals surface area contributed by atoms with Crippen molar-refractivity contribution in [1.29, 1.82) is 0 Å². The third-order valence-corrected chi connectivity index (χ3v) is 4.21. The number of hydrazine groups is 1. The molecule has 1 aliphatic carbocycles. The summed E-state index contributed by atoms with van der Waals surface area (Å²) in [5.41, 5.74) is 3.83. The molecule has 19 heavy (non-hydrogen) atoms. The fourth-order valence-corrected chi connectivity index (χ4v) is 3.12. The second-order valence-electron chi connectivity index (χ2n) is 5.58. The van der Waals surface area contributed by atoms with Crippen molar-refractivity contribution in [3.05, 3.63) is 17.6 Å². The topological polar surface area (TPSA) is 73.1 Å². The van der Waals surface area contributed by atoms with E-state index < -0.39 is 0 Å². The molecule has 3 N–H and O–H groups in total. The van der Waals surface area contributed by atoms with Crippen molar-refractivity contribution in [3.63, 3.8) is 0 Å². The number of nitrogens with two attached hydrogens (primary N) is 1. The molecule has 1 unspecified atom stereocenters. The zero-order chi connectivity index (χ0) is 13.1. The highest BCUT2D eigenvalue weighted by atomic mass is 16.5. The molecule has 0 spiro atoms. The van der Waals surface area contributed by atoms with Crippen LogP contribution in [0.2, 0.25) is 0 Å². The molecular formula is C14H22N4O. The largest absolute Gasteiger partial charge is 0.381 e. The summed E-state index contributed by atoms with van der Waals surface area (Å²) in [5.74, 6) is 8.08. The highest BCUT2D eigenvalue weighted by molar-refractivity contribution is 5.36. The fraction of sp³-hybridized carbons (Fsp3) is 0.714. The standard InChI is InChI=1S/C14H22N4O/c15-18-13-8-12(10-4-1-2-5-10)16-14(17-13)11-6-3-7-19-9-11/h8,10-11H,1-7,9,15H2,(H,16,17,18). The Balaban J connectivity index is 1.87. The van der Waals surface area contributed by atoms with E-state index in [2.05, 4.69) is 10.4 Å². The van der Waals surface area contributed by atoms with Gasteiger partial charge in [0.25, 0.3) is 0 Å². The van der Waals surface area contributed by atoms with Crippen molar-refractivity contribution < 1.29 is 4.74 Å². The minimum Gasteiger partial charge on any atom is -0.381 e. The third kappa shape index (κ3) is 2.87. The van der Waals surface area contributed by atoms with Gasteiger partial charge in [0.15, 0.2) is 0 Å². The molecule has 2 heterocycles. The molecule has 5 nitrogen and oxygen atoms in total. The number of hydrogen-bond acceptors (Lipinski definition) is 5. The molecule has 2 fully saturated rings. The molecule has 2 aliphatic rings. The molecule has 1 saturated heterocycles. The van der Waals surface area contributed by atoms with Gasteiger partial charge in [-0.1, -0.05) is 12.8 Å². The lowest BCUT2D eigenvalue weighted by molar-refractivity contribution is 0.0780. The van der Waals surface area contributed by atoms with E-state index in [9.17, 15) is 0 Å². The Morgan fingerprint density at radius 2 is 1.89 bits per heavy atom. The van der Waals surface area contributed by atoms with Crippen LogP contribution in [0.4, 0.5) is 5.82 Å². The van der Waals surface area contributed by atoms with E-state index in [1.54, 1.807) is 0 Å². The van der Waals surface area contributed by atoms with Gasteiger partial charge in [0, 0.05) is 30.2 Å². The van der Waals surface area contributed by atoms with Gasteiger partial charge in [-0.2, -0.15) is 0 Å². The van der Waals surface area contributed by atoms with E-state index in [1.807, 2.05) is 6.07 Å². The van der Waals surface area contributed by atoms with Crippen LogP contribution in [0.15, 0.2) is 6.07 Å². The average Bonchev–Trinajstić information content (AvgIpc) is 3.02. The molecule has 0 aromatic carbocycles. The van der Waals surface area contributed by atoms with Crippen LogP contribution < -0.4 is 11.3 Å². The molecule has 3 rings (SSSR count). The Morgan fingerprint density at radius 3 is 2.58 bits per heavy atom. The van der Waals surface area contributed by atoms with Gasteiger partial charge >= 0.3 is 0 Å². The summed E-state index contributed by atoms with van der Waals surface area (Å²) in [6.07, 6.45) is 7.29. The van der Waals surface area contributed by atoms with Crippen LogP contribution in [0.3, 0.4) is 0 Å². The molecule has 5 heteroatoms. The van der Waals surface area contributed by atoms with E-state index in [0.29, 0.717) is 11.8 Å². The zero-order valence-corrected chi connectivity index (χ0v) is 11.3. The first kappa shape index (κ1) is 12.8. The lowest BCUT2D eigenvalue weighted by Gasteiger charge is -2.22. The van der Waals surface area contributed by atoms with Crippen LogP contribution in [0, 0.1) is 0 Å². The van der Waals surface area contributed by atoms with Crippen LogP contribution in [0.1, 0.15) is 61.9 Å². The van der Waals surface area contributed by atoms with Crippen LogP contribution in [0.25, 0.3) is 0 Å². The van der Waals surface area contributed by atoms with Gasteiger partial charge < -0.3 is 10.2 Å². The Bertz CT molecular complexity index is 425. The molecular weight excluding hydrogens is 240 g/mol. The Morgan fingerprint density at radius 1 is 1.11 bits per heavy atom. The summed E-state index contributed by atoms with van der Waals surface area (Å²) in [6.45, 7) is 1.60. The molecule has 1 aromatic heterocycles. The van der Waals surface area contributed by atoms with E-state index in [-0.39, 0.29) is 0 Å². The number of hydrogen-bond donors (Lipinski definition) is 2. The molecule has 0 radical (unpaired) electrons. The minimum absolute atomic E-state index is 0.321. The normalized spacial score (nSPS) is 24.6. The number of aromatic nitrogens is 2.